The van der Waals surface area contributed by atoms with Gasteiger partial charge in [-0.05, 0) is 35.4 Å². The van der Waals surface area contributed by atoms with E-state index in [9.17, 15) is 12.8 Å². The SMILES string of the molecule is CN(C)S(=O)(=O)c1ccc(CNc2nnc(Cc3ccc(F)cc3)s2)cc1. The Morgan fingerprint density at radius 3 is 2.26 bits per heavy atom. The van der Waals surface area contributed by atoms with Crippen molar-refractivity contribution in [2.75, 3.05) is 19.4 Å². The number of aromatic nitrogens is 2. The Hall–Kier alpha value is -2.36. The van der Waals surface area contributed by atoms with Gasteiger partial charge in [0, 0.05) is 27.1 Å². The van der Waals surface area contributed by atoms with E-state index in [1.54, 1.807) is 36.4 Å². The summed E-state index contributed by atoms with van der Waals surface area (Å²) < 4.78 is 38.3. The number of nitrogens with zero attached hydrogens (tertiary/aromatic N) is 3. The molecule has 0 aliphatic carbocycles. The van der Waals surface area contributed by atoms with E-state index in [2.05, 4.69) is 15.5 Å². The van der Waals surface area contributed by atoms with Gasteiger partial charge < -0.3 is 5.32 Å². The molecule has 1 heterocycles. The van der Waals surface area contributed by atoms with Gasteiger partial charge in [-0.25, -0.2) is 17.1 Å². The predicted octanol–water partition coefficient (Wildman–Crippen LogP) is 3.13. The van der Waals surface area contributed by atoms with Crippen molar-refractivity contribution in [2.24, 2.45) is 0 Å². The maximum absolute atomic E-state index is 12.9. The Balaban J connectivity index is 1.59. The molecular weight excluding hydrogens is 387 g/mol. The fourth-order valence-electron chi connectivity index (χ4n) is 2.34. The van der Waals surface area contributed by atoms with Crippen molar-refractivity contribution < 1.29 is 12.8 Å². The van der Waals surface area contributed by atoms with E-state index in [0.717, 1.165) is 16.1 Å². The Bertz CT molecular complexity index is 1000. The molecule has 0 fully saturated rings. The molecule has 3 rings (SSSR count). The van der Waals surface area contributed by atoms with E-state index >= 15 is 0 Å². The first kappa shape index (κ1) is 19.4. The molecule has 1 aromatic heterocycles. The van der Waals surface area contributed by atoms with Crippen molar-refractivity contribution in [3.63, 3.8) is 0 Å². The summed E-state index contributed by atoms with van der Waals surface area (Å²) in [5.74, 6) is -0.261. The van der Waals surface area contributed by atoms with Crippen LogP contribution in [0.4, 0.5) is 9.52 Å². The lowest BCUT2D eigenvalue weighted by molar-refractivity contribution is 0.520. The topological polar surface area (TPSA) is 75.2 Å². The summed E-state index contributed by atoms with van der Waals surface area (Å²) >= 11 is 1.43. The third-order valence-electron chi connectivity index (χ3n) is 3.88. The molecule has 27 heavy (non-hydrogen) atoms. The van der Waals surface area contributed by atoms with Crippen molar-refractivity contribution in [3.05, 3.63) is 70.5 Å². The highest BCUT2D eigenvalue weighted by Crippen LogP contribution is 2.20. The molecule has 0 saturated heterocycles. The van der Waals surface area contributed by atoms with E-state index < -0.39 is 10.0 Å². The molecule has 0 aliphatic rings. The molecule has 0 aliphatic heterocycles. The molecule has 0 spiro atoms. The van der Waals surface area contributed by atoms with Gasteiger partial charge >= 0.3 is 0 Å². The lowest BCUT2D eigenvalue weighted by Crippen LogP contribution is -2.22. The second-order valence-corrected chi connectivity index (χ2v) is 9.30. The normalized spacial score (nSPS) is 11.7. The van der Waals surface area contributed by atoms with Crippen molar-refractivity contribution in [3.8, 4) is 0 Å². The molecule has 3 aromatic rings. The summed E-state index contributed by atoms with van der Waals surface area (Å²) in [6, 6.07) is 13.0. The number of nitrogens with one attached hydrogen (secondary N) is 1. The van der Waals surface area contributed by atoms with E-state index in [1.807, 2.05) is 0 Å². The minimum absolute atomic E-state index is 0.258. The van der Waals surface area contributed by atoms with Crippen molar-refractivity contribution >= 4 is 26.5 Å². The lowest BCUT2D eigenvalue weighted by atomic mass is 10.2. The molecule has 0 bridgehead atoms. The number of hydrogen-bond acceptors (Lipinski definition) is 6. The molecule has 0 unspecified atom stereocenters. The Labute approximate surface area is 161 Å². The third-order valence-corrected chi connectivity index (χ3v) is 6.59. The summed E-state index contributed by atoms with van der Waals surface area (Å²) in [4.78, 5) is 0.258. The van der Waals surface area contributed by atoms with E-state index in [0.29, 0.717) is 18.1 Å². The fraction of sp³-hybridized carbons (Fsp3) is 0.222. The zero-order valence-electron chi connectivity index (χ0n) is 14.9. The molecule has 0 atom stereocenters. The largest absolute Gasteiger partial charge is 0.356 e. The maximum Gasteiger partial charge on any atom is 0.242 e. The minimum Gasteiger partial charge on any atom is -0.356 e. The van der Waals surface area contributed by atoms with Crippen molar-refractivity contribution in [1.82, 2.24) is 14.5 Å². The van der Waals surface area contributed by atoms with Crippen LogP contribution in [0.2, 0.25) is 0 Å². The number of anilines is 1. The second-order valence-electron chi connectivity index (χ2n) is 6.09. The molecule has 6 nitrogen and oxygen atoms in total. The number of halogens is 1. The Morgan fingerprint density at radius 1 is 1.00 bits per heavy atom. The number of rotatable bonds is 7. The van der Waals surface area contributed by atoms with Crippen LogP contribution in [0.25, 0.3) is 0 Å². The van der Waals surface area contributed by atoms with Crippen LogP contribution in [-0.4, -0.2) is 37.0 Å². The van der Waals surface area contributed by atoms with Crippen LogP contribution in [-0.2, 0) is 23.0 Å². The zero-order valence-corrected chi connectivity index (χ0v) is 16.5. The lowest BCUT2D eigenvalue weighted by Gasteiger charge is -2.11. The van der Waals surface area contributed by atoms with Crippen LogP contribution in [0.5, 0.6) is 0 Å². The summed E-state index contributed by atoms with van der Waals surface area (Å²) in [5.41, 5.74) is 1.90. The van der Waals surface area contributed by atoms with E-state index in [-0.39, 0.29) is 10.7 Å². The smallest absolute Gasteiger partial charge is 0.242 e. The van der Waals surface area contributed by atoms with Crippen LogP contribution in [0.15, 0.2) is 53.4 Å². The van der Waals surface area contributed by atoms with Crippen LogP contribution in [0.3, 0.4) is 0 Å². The molecular formula is C18H19FN4O2S2. The zero-order chi connectivity index (χ0) is 19.4. The summed E-state index contributed by atoms with van der Waals surface area (Å²) in [7, 11) is -0.413. The van der Waals surface area contributed by atoms with Gasteiger partial charge in [0.1, 0.15) is 10.8 Å². The maximum atomic E-state index is 12.9. The van der Waals surface area contributed by atoms with Crippen LogP contribution in [0.1, 0.15) is 16.1 Å². The molecule has 2 aromatic carbocycles. The highest BCUT2D eigenvalue weighted by atomic mass is 32.2. The van der Waals surface area contributed by atoms with Crippen molar-refractivity contribution in [1.29, 1.82) is 0 Å². The molecule has 142 valence electrons. The van der Waals surface area contributed by atoms with Gasteiger partial charge in [0.2, 0.25) is 15.2 Å². The van der Waals surface area contributed by atoms with E-state index in [4.69, 9.17) is 0 Å². The van der Waals surface area contributed by atoms with Gasteiger partial charge in [-0.1, -0.05) is 35.6 Å². The van der Waals surface area contributed by atoms with Gasteiger partial charge in [0.25, 0.3) is 0 Å². The van der Waals surface area contributed by atoms with Gasteiger partial charge in [-0.2, -0.15) is 0 Å². The molecule has 0 amide bonds. The first-order valence-electron chi connectivity index (χ1n) is 8.17. The van der Waals surface area contributed by atoms with Gasteiger partial charge in [0.05, 0.1) is 4.90 Å². The molecule has 0 radical (unpaired) electrons. The highest BCUT2D eigenvalue weighted by Gasteiger charge is 2.16. The minimum atomic E-state index is -3.42. The van der Waals surface area contributed by atoms with Gasteiger partial charge in [-0.15, -0.1) is 10.2 Å². The standard InChI is InChI=1S/C18H19FN4O2S2/c1-23(2)27(24,25)16-9-5-14(6-10-16)12-20-18-22-21-17(26-18)11-13-3-7-15(19)8-4-13/h3-10H,11-12H2,1-2H3,(H,20,22). The van der Waals surface area contributed by atoms with Crippen LogP contribution in [0, 0.1) is 5.82 Å². The van der Waals surface area contributed by atoms with Crippen LogP contribution >= 0.6 is 11.3 Å². The average Bonchev–Trinajstić information content (AvgIpc) is 3.09. The molecule has 0 saturated carbocycles. The van der Waals surface area contributed by atoms with Gasteiger partial charge in [-0.3, -0.25) is 0 Å². The first-order chi connectivity index (χ1) is 12.8. The quantitative estimate of drug-likeness (QED) is 0.652. The van der Waals surface area contributed by atoms with Crippen molar-refractivity contribution in [2.45, 2.75) is 17.9 Å². The highest BCUT2D eigenvalue weighted by molar-refractivity contribution is 7.89. The van der Waals surface area contributed by atoms with E-state index in [1.165, 1.54) is 41.9 Å². The fourth-order valence-corrected chi connectivity index (χ4v) is 4.01. The summed E-state index contributed by atoms with van der Waals surface area (Å²) in [6.45, 7) is 0.507. The predicted molar refractivity (Wildman–Crippen MR) is 104 cm³/mol. The average molecular weight is 407 g/mol. The third kappa shape index (κ3) is 4.88. The second kappa shape index (κ2) is 8.12. The monoisotopic (exact) mass is 406 g/mol. The summed E-state index contributed by atoms with van der Waals surface area (Å²) in [6.07, 6.45) is 0.594. The number of benzene rings is 2. The number of hydrogen-bond donors (Lipinski definition) is 1. The Kier molecular flexibility index (Phi) is 5.83. The molecule has 1 N–H and O–H groups in total. The Morgan fingerprint density at radius 2 is 1.63 bits per heavy atom. The molecule has 9 heteroatoms. The number of sulfonamides is 1. The van der Waals surface area contributed by atoms with Crippen LogP contribution < -0.4 is 5.32 Å². The van der Waals surface area contributed by atoms with Gasteiger partial charge in [0.15, 0.2) is 0 Å². The first-order valence-corrected chi connectivity index (χ1v) is 10.4. The summed E-state index contributed by atoms with van der Waals surface area (Å²) in [5, 5.41) is 12.9.